The number of nitrogens with zero attached hydrogens (tertiary/aromatic N) is 1. The number of nitrogens with one attached hydrogen (secondary N) is 1. The van der Waals surface area contributed by atoms with E-state index in [1.807, 2.05) is 42.5 Å². The standard InChI is InChI=1S/C22H22BrN3O5/c23-15-7-6-14-12-26(21(29)16(14)11-15)18(10-13-4-2-1-3-5-13)20(28)25-17(22(30)31)8-9-19(24)27/h1-7,11,17-18H,8-10,12H2,(H2,24,27)(H,25,28)(H,30,31)/t17-,18-/m0/s1. The molecule has 8 nitrogen and oxygen atoms in total. The second-order valence-electron chi connectivity index (χ2n) is 7.34. The van der Waals surface area contributed by atoms with Gasteiger partial charge in [0.15, 0.2) is 0 Å². The Morgan fingerprint density at radius 1 is 1.16 bits per heavy atom. The molecule has 1 heterocycles. The Bertz CT molecular complexity index is 1010. The zero-order valence-electron chi connectivity index (χ0n) is 16.6. The lowest BCUT2D eigenvalue weighted by Crippen LogP contribution is -2.52. The van der Waals surface area contributed by atoms with Crippen molar-refractivity contribution in [3.05, 3.63) is 69.7 Å². The number of rotatable bonds is 9. The van der Waals surface area contributed by atoms with E-state index in [4.69, 9.17) is 5.73 Å². The molecule has 0 spiro atoms. The third-order valence-corrected chi connectivity index (χ3v) is 5.64. The molecule has 1 aliphatic heterocycles. The summed E-state index contributed by atoms with van der Waals surface area (Å²) >= 11 is 3.36. The van der Waals surface area contributed by atoms with Gasteiger partial charge in [0.2, 0.25) is 11.8 Å². The Labute approximate surface area is 187 Å². The second kappa shape index (κ2) is 9.74. The van der Waals surface area contributed by atoms with E-state index in [1.54, 1.807) is 6.07 Å². The van der Waals surface area contributed by atoms with Crippen molar-refractivity contribution in [3.63, 3.8) is 0 Å². The van der Waals surface area contributed by atoms with Crippen molar-refractivity contribution in [3.8, 4) is 0 Å². The Balaban J connectivity index is 1.86. The van der Waals surface area contributed by atoms with E-state index in [0.717, 1.165) is 15.6 Å². The van der Waals surface area contributed by atoms with E-state index in [-0.39, 0.29) is 31.7 Å². The molecule has 0 bridgehead atoms. The van der Waals surface area contributed by atoms with Gasteiger partial charge in [0.25, 0.3) is 5.91 Å². The van der Waals surface area contributed by atoms with Crippen LogP contribution < -0.4 is 11.1 Å². The topological polar surface area (TPSA) is 130 Å². The predicted octanol–water partition coefficient (Wildman–Crippen LogP) is 1.85. The summed E-state index contributed by atoms with van der Waals surface area (Å²) < 4.78 is 0.753. The Morgan fingerprint density at radius 3 is 2.52 bits per heavy atom. The maximum atomic E-state index is 13.2. The Morgan fingerprint density at radius 2 is 1.87 bits per heavy atom. The monoisotopic (exact) mass is 487 g/mol. The van der Waals surface area contributed by atoms with Gasteiger partial charge in [0.1, 0.15) is 12.1 Å². The van der Waals surface area contributed by atoms with Crippen molar-refractivity contribution in [2.45, 2.75) is 37.9 Å². The first-order valence-corrected chi connectivity index (χ1v) is 10.5. The maximum Gasteiger partial charge on any atom is 0.326 e. The van der Waals surface area contributed by atoms with Crippen molar-refractivity contribution >= 4 is 39.6 Å². The average Bonchev–Trinajstić information content (AvgIpc) is 3.05. The number of carbonyl (C=O) groups is 4. The molecule has 9 heteroatoms. The zero-order valence-corrected chi connectivity index (χ0v) is 18.2. The lowest BCUT2D eigenvalue weighted by atomic mass is 10.0. The van der Waals surface area contributed by atoms with E-state index in [0.29, 0.717) is 5.56 Å². The minimum absolute atomic E-state index is 0.129. The summed E-state index contributed by atoms with van der Waals surface area (Å²) in [5.41, 5.74) is 7.24. The zero-order chi connectivity index (χ0) is 22.5. The van der Waals surface area contributed by atoms with Crippen molar-refractivity contribution in [2.75, 3.05) is 0 Å². The molecule has 3 amide bonds. The number of amides is 3. The number of carboxylic acid groups (broad SMARTS) is 1. The Kier molecular flexibility index (Phi) is 7.06. The Hall–Kier alpha value is -3.20. The van der Waals surface area contributed by atoms with E-state index in [2.05, 4.69) is 21.2 Å². The molecular weight excluding hydrogens is 466 g/mol. The highest BCUT2D eigenvalue weighted by atomic mass is 79.9. The van der Waals surface area contributed by atoms with Crippen LogP contribution in [0.25, 0.3) is 0 Å². The molecule has 2 aromatic rings. The van der Waals surface area contributed by atoms with Gasteiger partial charge in [-0.25, -0.2) is 4.79 Å². The van der Waals surface area contributed by atoms with Gasteiger partial charge in [-0.3, -0.25) is 14.4 Å². The number of halogens is 1. The predicted molar refractivity (Wildman–Crippen MR) is 116 cm³/mol. The highest BCUT2D eigenvalue weighted by Crippen LogP contribution is 2.28. The number of carbonyl (C=O) groups excluding carboxylic acids is 3. The minimum Gasteiger partial charge on any atom is -0.480 e. The van der Waals surface area contributed by atoms with E-state index >= 15 is 0 Å². The summed E-state index contributed by atoms with van der Waals surface area (Å²) in [6, 6.07) is 12.3. The quantitative estimate of drug-likeness (QED) is 0.496. The number of primary amides is 1. The molecule has 0 saturated carbocycles. The van der Waals surface area contributed by atoms with Gasteiger partial charge in [-0.05, 0) is 29.7 Å². The molecule has 0 fully saturated rings. The molecule has 162 valence electrons. The van der Waals surface area contributed by atoms with Gasteiger partial charge in [-0.2, -0.15) is 0 Å². The van der Waals surface area contributed by atoms with Gasteiger partial charge < -0.3 is 21.1 Å². The molecule has 3 rings (SSSR count). The van der Waals surface area contributed by atoms with E-state index in [1.165, 1.54) is 4.90 Å². The molecule has 0 aliphatic carbocycles. The van der Waals surface area contributed by atoms with Crippen LogP contribution in [0.1, 0.15) is 34.3 Å². The molecule has 0 saturated heterocycles. The fraction of sp³-hybridized carbons (Fsp3) is 0.273. The number of hydrogen-bond acceptors (Lipinski definition) is 4. The van der Waals surface area contributed by atoms with Gasteiger partial charge in [0, 0.05) is 29.4 Å². The van der Waals surface area contributed by atoms with Crippen molar-refractivity contribution < 1.29 is 24.3 Å². The summed E-state index contributed by atoms with van der Waals surface area (Å²) in [5, 5.41) is 11.9. The van der Waals surface area contributed by atoms with Gasteiger partial charge in [-0.1, -0.05) is 52.3 Å². The van der Waals surface area contributed by atoms with Crippen LogP contribution in [-0.2, 0) is 27.3 Å². The largest absolute Gasteiger partial charge is 0.480 e. The minimum atomic E-state index is -1.28. The van der Waals surface area contributed by atoms with Crippen molar-refractivity contribution in [1.29, 1.82) is 0 Å². The van der Waals surface area contributed by atoms with Gasteiger partial charge in [0.05, 0.1) is 0 Å². The molecule has 2 aromatic carbocycles. The van der Waals surface area contributed by atoms with E-state index in [9.17, 15) is 24.3 Å². The fourth-order valence-corrected chi connectivity index (χ4v) is 3.90. The van der Waals surface area contributed by atoms with Crippen LogP contribution in [0, 0.1) is 0 Å². The number of fused-ring (bicyclic) bond motifs is 1. The van der Waals surface area contributed by atoms with Crippen LogP contribution in [0.2, 0.25) is 0 Å². The maximum absolute atomic E-state index is 13.2. The molecule has 0 unspecified atom stereocenters. The number of hydrogen-bond donors (Lipinski definition) is 3. The first kappa shape index (κ1) is 22.5. The van der Waals surface area contributed by atoms with Crippen LogP contribution >= 0.6 is 15.9 Å². The summed E-state index contributed by atoms with van der Waals surface area (Å²) in [4.78, 5) is 50.3. The highest BCUT2D eigenvalue weighted by molar-refractivity contribution is 9.10. The third kappa shape index (κ3) is 5.49. The molecule has 2 atom stereocenters. The fourth-order valence-electron chi connectivity index (χ4n) is 3.54. The lowest BCUT2D eigenvalue weighted by Gasteiger charge is -2.28. The molecule has 0 radical (unpaired) electrons. The van der Waals surface area contributed by atoms with E-state index < -0.39 is 29.9 Å². The normalized spacial score (nSPS) is 14.6. The molecule has 0 aromatic heterocycles. The first-order valence-electron chi connectivity index (χ1n) is 9.71. The summed E-state index contributed by atoms with van der Waals surface area (Å²) in [6.07, 6.45) is -0.0893. The van der Waals surface area contributed by atoms with Crippen LogP contribution in [0.4, 0.5) is 0 Å². The summed E-state index contributed by atoms with van der Waals surface area (Å²) in [6.45, 7) is 0.241. The van der Waals surface area contributed by atoms with Crippen molar-refractivity contribution in [2.24, 2.45) is 5.73 Å². The second-order valence-corrected chi connectivity index (χ2v) is 8.26. The molecule has 4 N–H and O–H groups in total. The van der Waals surface area contributed by atoms with Gasteiger partial charge in [-0.15, -0.1) is 0 Å². The van der Waals surface area contributed by atoms with Crippen LogP contribution in [-0.4, -0.2) is 45.8 Å². The SMILES string of the molecule is NC(=O)CC[C@H](NC(=O)[C@H](Cc1ccccc1)N1Cc2ccc(Br)cc2C1=O)C(=O)O. The molecule has 1 aliphatic rings. The van der Waals surface area contributed by atoms with Crippen LogP contribution in [0.15, 0.2) is 53.0 Å². The van der Waals surface area contributed by atoms with Crippen LogP contribution in [0.3, 0.4) is 0 Å². The lowest BCUT2D eigenvalue weighted by molar-refractivity contribution is -0.142. The number of aliphatic carboxylic acids is 1. The summed E-state index contributed by atoms with van der Waals surface area (Å²) in [7, 11) is 0. The molecule has 31 heavy (non-hydrogen) atoms. The highest BCUT2D eigenvalue weighted by Gasteiger charge is 2.37. The average molecular weight is 488 g/mol. The smallest absolute Gasteiger partial charge is 0.326 e. The number of nitrogens with two attached hydrogens (primary N) is 1. The number of carboxylic acids is 1. The van der Waals surface area contributed by atoms with Gasteiger partial charge >= 0.3 is 5.97 Å². The first-order chi connectivity index (χ1) is 14.8. The number of benzene rings is 2. The third-order valence-electron chi connectivity index (χ3n) is 5.15. The molecular formula is C22H22BrN3O5. The summed E-state index contributed by atoms with van der Waals surface area (Å²) in [5.74, 6) is -2.82. The van der Waals surface area contributed by atoms with Crippen LogP contribution in [0.5, 0.6) is 0 Å². The van der Waals surface area contributed by atoms with Crippen molar-refractivity contribution in [1.82, 2.24) is 10.2 Å².